The summed E-state index contributed by atoms with van der Waals surface area (Å²) >= 11 is 0. The highest BCUT2D eigenvalue weighted by atomic mass is 127. The second-order valence-corrected chi connectivity index (χ2v) is 5.57. The zero-order valence-corrected chi connectivity index (χ0v) is 16.3. The molecular weight excluding hydrogens is 441 g/mol. The Morgan fingerprint density at radius 1 is 1.28 bits per heavy atom. The first-order valence-electron chi connectivity index (χ1n) is 8.04. The SMILES string of the molecule is CCNC(=NCc1cc(F)ccc1F)NCc1nnc2n1CCC2.I. The lowest BCUT2D eigenvalue weighted by atomic mass is 10.2. The summed E-state index contributed by atoms with van der Waals surface area (Å²) in [5, 5.41) is 14.6. The van der Waals surface area contributed by atoms with E-state index in [2.05, 4.69) is 30.4 Å². The molecule has 0 amide bonds. The summed E-state index contributed by atoms with van der Waals surface area (Å²) in [7, 11) is 0. The molecule has 0 bridgehead atoms. The van der Waals surface area contributed by atoms with Gasteiger partial charge in [-0.05, 0) is 31.5 Å². The van der Waals surface area contributed by atoms with E-state index in [9.17, 15) is 8.78 Å². The molecule has 136 valence electrons. The van der Waals surface area contributed by atoms with Crippen molar-refractivity contribution in [2.45, 2.75) is 39.4 Å². The molecule has 0 radical (unpaired) electrons. The van der Waals surface area contributed by atoms with Crippen LogP contribution in [0.4, 0.5) is 8.78 Å². The average Bonchev–Trinajstić information content (AvgIpc) is 3.17. The van der Waals surface area contributed by atoms with Crippen LogP contribution in [0.15, 0.2) is 23.2 Å². The van der Waals surface area contributed by atoms with Gasteiger partial charge in [0.05, 0.1) is 13.1 Å². The number of halogens is 3. The van der Waals surface area contributed by atoms with E-state index in [0.29, 0.717) is 19.0 Å². The molecular formula is C16H21F2IN6. The van der Waals surface area contributed by atoms with Crippen molar-refractivity contribution in [1.29, 1.82) is 0 Å². The number of rotatable bonds is 5. The number of aliphatic imine (C=N–C) groups is 1. The highest BCUT2D eigenvalue weighted by molar-refractivity contribution is 14.0. The van der Waals surface area contributed by atoms with Crippen molar-refractivity contribution in [3.63, 3.8) is 0 Å². The number of nitrogens with zero attached hydrogens (tertiary/aromatic N) is 4. The second kappa shape index (κ2) is 9.07. The van der Waals surface area contributed by atoms with Crippen LogP contribution < -0.4 is 10.6 Å². The molecule has 0 aliphatic carbocycles. The minimum absolute atomic E-state index is 0. The van der Waals surface area contributed by atoms with Gasteiger partial charge in [-0.25, -0.2) is 13.8 Å². The first-order chi connectivity index (χ1) is 11.7. The lowest BCUT2D eigenvalue weighted by Gasteiger charge is -2.11. The fourth-order valence-corrected chi connectivity index (χ4v) is 2.67. The van der Waals surface area contributed by atoms with Gasteiger partial charge in [-0.3, -0.25) is 0 Å². The van der Waals surface area contributed by atoms with Crippen molar-refractivity contribution in [3.05, 3.63) is 47.0 Å². The van der Waals surface area contributed by atoms with E-state index in [-0.39, 0.29) is 36.1 Å². The molecule has 3 rings (SSSR count). The molecule has 1 aromatic carbocycles. The van der Waals surface area contributed by atoms with E-state index in [1.54, 1.807) is 0 Å². The lowest BCUT2D eigenvalue weighted by Crippen LogP contribution is -2.37. The Balaban J connectivity index is 0.00000225. The van der Waals surface area contributed by atoms with Gasteiger partial charge in [0.2, 0.25) is 0 Å². The summed E-state index contributed by atoms with van der Waals surface area (Å²) in [6, 6.07) is 3.37. The Labute approximate surface area is 162 Å². The topological polar surface area (TPSA) is 67.1 Å². The molecule has 1 aromatic heterocycles. The zero-order chi connectivity index (χ0) is 16.9. The summed E-state index contributed by atoms with van der Waals surface area (Å²) in [5.41, 5.74) is 0.218. The molecule has 0 atom stereocenters. The third-order valence-electron chi connectivity index (χ3n) is 3.86. The zero-order valence-electron chi connectivity index (χ0n) is 13.9. The third-order valence-corrected chi connectivity index (χ3v) is 3.86. The van der Waals surface area contributed by atoms with Crippen LogP contribution in [0.2, 0.25) is 0 Å². The summed E-state index contributed by atoms with van der Waals surface area (Å²) < 4.78 is 29.0. The van der Waals surface area contributed by atoms with Gasteiger partial charge in [0.25, 0.3) is 0 Å². The molecule has 1 aliphatic rings. The Kier molecular flexibility index (Phi) is 7.09. The van der Waals surface area contributed by atoms with E-state index < -0.39 is 11.6 Å². The van der Waals surface area contributed by atoms with Crippen molar-refractivity contribution in [2.75, 3.05) is 6.54 Å². The summed E-state index contributed by atoms with van der Waals surface area (Å²) in [5.74, 6) is 1.45. The van der Waals surface area contributed by atoms with Gasteiger partial charge in [0, 0.05) is 25.1 Å². The smallest absolute Gasteiger partial charge is 0.191 e. The maximum absolute atomic E-state index is 13.7. The van der Waals surface area contributed by atoms with E-state index >= 15 is 0 Å². The molecule has 25 heavy (non-hydrogen) atoms. The fraction of sp³-hybridized carbons (Fsp3) is 0.438. The van der Waals surface area contributed by atoms with Crippen molar-refractivity contribution in [1.82, 2.24) is 25.4 Å². The van der Waals surface area contributed by atoms with E-state index in [1.165, 1.54) is 0 Å². The largest absolute Gasteiger partial charge is 0.357 e. The predicted molar refractivity (Wildman–Crippen MR) is 102 cm³/mol. The Morgan fingerprint density at radius 3 is 2.92 bits per heavy atom. The number of benzene rings is 1. The number of aromatic nitrogens is 3. The van der Waals surface area contributed by atoms with Crippen LogP contribution in [-0.2, 0) is 26.1 Å². The van der Waals surface area contributed by atoms with Crippen LogP contribution in [-0.4, -0.2) is 27.3 Å². The van der Waals surface area contributed by atoms with Gasteiger partial charge in [0.1, 0.15) is 17.5 Å². The minimum Gasteiger partial charge on any atom is -0.357 e. The summed E-state index contributed by atoms with van der Waals surface area (Å²) in [6.45, 7) is 4.06. The fourth-order valence-electron chi connectivity index (χ4n) is 2.67. The van der Waals surface area contributed by atoms with Gasteiger partial charge in [-0.15, -0.1) is 34.2 Å². The van der Waals surface area contributed by atoms with Gasteiger partial charge in [-0.2, -0.15) is 0 Å². The van der Waals surface area contributed by atoms with Gasteiger partial charge >= 0.3 is 0 Å². The highest BCUT2D eigenvalue weighted by Crippen LogP contribution is 2.14. The van der Waals surface area contributed by atoms with Crippen LogP contribution in [0.1, 0.15) is 30.6 Å². The maximum Gasteiger partial charge on any atom is 0.191 e. The average molecular weight is 462 g/mol. The van der Waals surface area contributed by atoms with Crippen LogP contribution in [0.3, 0.4) is 0 Å². The normalized spacial score (nSPS) is 13.3. The van der Waals surface area contributed by atoms with Crippen molar-refractivity contribution in [2.24, 2.45) is 4.99 Å². The molecule has 0 spiro atoms. The first-order valence-corrected chi connectivity index (χ1v) is 8.04. The van der Waals surface area contributed by atoms with Crippen LogP contribution in [0.25, 0.3) is 0 Å². The molecule has 0 saturated heterocycles. The number of nitrogens with one attached hydrogen (secondary N) is 2. The predicted octanol–water partition coefficient (Wildman–Crippen LogP) is 2.38. The van der Waals surface area contributed by atoms with Gasteiger partial charge in [0.15, 0.2) is 11.8 Å². The molecule has 0 fully saturated rings. The van der Waals surface area contributed by atoms with Crippen molar-refractivity contribution < 1.29 is 8.78 Å². The number of aryl methyl sites for hydroxylation is 1. The van der Waals surface area contributed by atoms with E-state index in [1.807, 2.05) is 6.92 Å². The molecule has 2 aromatic rings. The molecule has 9 heteroatoms. The number of guanidine groups is 1. The highest BCUT2D eigenvalue weighted by Gasteiger charge is 2.17. The van der Waals surface area contributed by atoms with Crippen molar-refractivity contribution >= 4 is 29.9 Å². The van der Waals surface area contributed by atoms with E-state index in [0.717, 1.165) is 49.2 Å². The molecule has 6 nitrogen and oxygen atoms in total. The van der Waals surface area contributed by atoms with Crippen LogP contribution in [0, 0.1) is 11.6 Å². The van der Waals surface area contributed by atoms with Crippen LogP contribution >= 0.6 is 24.0 Å². The van der Waals surface area contributed by atoms with Crippen molar-refractivity contribution in [3.8, 4) is 0 Å². The Hall–Kier alpha value is -1.78. The molecule has 0 unspecified atom stereocenters. The molecule has 1 aliphatic heterocycles. The maximum atomic E-state index is 13.7. The monoisotopic (exact) mass is 462 g/mol. The lowest BCUT2D eigenvalue weighted by molar-refractivity contribution is 0.585. The molecule has 2 N–H and O–H groups in total. The Bertz CT molecular complexity index is 746. The standard InChI is InChI=1S/C16H20F2N6.HI/c1-2-19-16(20-9-11-8-12(17)5-6-13(11)18)21-10-15-23-22-14-4-3-7-24(14)15;/h5-6,8H,2-4,7,9-10H2,1H3,(H2,19,20,21);1H. The third kappa shape index (κ3) is 4.86. The summed E-state index contributed by atoms with van der Waals surface area (Å²) in [6.07, 6.45) is 2.05. The molecule has 2 heterocycles. The first kappa shape index (κ1) is 19.5. The number of hydrogen-bond acceptors (Lipinski definition) is 3. The van der Waals surface area contributed by atoms with Gasteiger partial charge < -0.3 is 15.2 Å². The van der Waals surface area contributed by atoms with E-state index in [4.69, 9.17) is 0 Å². The summed E-state index contributed by atoms with van der Waals surface area (Å²) in [4.78, 5) is 4.31. The van der Waals surface area contributed by atoms with Gasteiger partial charge in [-0.1, -0.05) is 0 Å². The number of hydrogen-bond donors (Lipinski definition) is 2. The quantitative estimate of drug-likeness (QED) is 0.407. The molecule has 0 saturated carbocycles. The van der Waals surface area contributed by atoms with Crippen LogP contribution in [0.5, 0.6) is 0 Å². The Morgan fingerprint density at radius 2 is 2.12 bits per heavy atom. The minimum atomic E-state index is -0.474. The number of fused-ring (bicyclic) bond motifs is 1. The second-order valence-electron chi connectivity index (χ2n) is 5.57.